The van der Waals surface area contributed by atoms with Gasteiger partial charge in [-0.15, -0.1) is 0 Å². The summed E-state index contributed by atoms with van der Waals surface area (Å²) in [4.78, 5) is 12.9. The van der Waals surface area contributed by atoms with Gasteiger partial charge in [0.15, 0.2) is 0 Å². The van der Waals surface area contributed by atoms with Crippen LogP contribution in [0.5, 0.6) is 0 Å². The van der Waals surface area contributed by atoms with Gasteiger partial charge in [0.1, 0.15) is 0 Å². The zero-order valence-corrected chi connectivity index (χ0v) is 8.67. The molecule has 14 heavy (non-hydrogen) atoms. The molecule has 1 aliphatic heterocycles. The molecular weight excluding hydrogens is 198 g/mol. The number of carboxylic acids is 1. The van der Waals surface area contributed by atoms with Crippen molar-refractivity contribution >= 4 is 17.3 Å². The van der Waals surface area contributed by atoms with Crippen LogP contribution in [0.3, 0.4) is 0 Å². The van der Waals surface area contributed by atoms with Gasteiger partial charge < -0.3 is 5.11 Å². The smallest absolute Gasteiger partial charge is 0.307 e. The quantitative estimate of drug-likeness (QED) is 0.826. The van der Waals surface area contributed by atoms with Gasteiger partial charge in [0.25, 0.3) is 0 Å². The lowest BCUT2D eigenvalue weighted by Crippen LogP contribution is -2.22. The van der Waals surface area contributed by atoms with Gasteiger partial charge >= 0.3 is 5.97 Å². The molecule has 1 aliphatic rings. The Bertz CT molecular complexity index is 310. The van der Waals surface area contributed by atoms with Gasteiger partial charge in [0.05, 0.1) is 5.92 Å². The van der Waals surface area contributed by atoms with Crippen molar-refractivity contribution in [1.82, 2.24) is 4.90 Å². The maximum Gasteiger partial charge on any atom is 0.307 e. The number of carboxylic acid groups (broad SMARTS) is 1. The minimum atomic E-state index is -0.655. The first kappa shape index (κ1) is 9.68. The van der Waals surface area contributed by atoms with E-state index < -0.39 is 5.97 Å². The standard InChI is InChI=1S/C10H13NO2S/c12-10(13)9-1-3-11(6-9)5-8-2-4-14-7-8/h2,4,7,9H,1,3,5-6H2,(H,12,13)/t9-/m0/s1. The van der Waals surface area contributed by atoms with Gasteiger partial charge in [0.2, 0.25) is 0 Å². The first-order valence-corrected chi connectivity index (χ1v) is 5.66. The summed E-state index contributed by atoms with van der Waals surface area (Å²) >= 11 is 1.69. The van der Waals surface area contributed by atoms with Crippen molar-refractivity contribution in [2.45, 2.75) is 13.0 Å². The van der Waals surface area contributed by atoms with Crippen LogP contribution < -0.4 is 0 Å². The highest BCUT2D eigenvalue weighted by atomic mass is 32.1. The Morgan fingerprint density at radius 3 is 3.14 bits per heavy atom. The van der Waals surface area contributed by atoms with Crippen molar-refractivity contribution in [3.63, 3.8) is 0 Å². The fourth-order valence-corrected chi connectivity index (χ4v) is 2.48. The molecule has 0 saturated carbocycles. The molecule has 0 amide bonds. The maximum atomic E-state index is 10.7. The molecule has 1 aromatic heterocycles. The number of aliphatic carboxylic acids is 1. The van der Waals surface area contributed by atoms with Crippen LogP contribution in [0.25, 0.3) is 0 Å². The van der Waals surface area contributed by atoms with Crippen molar-refractivity contribution in [3.8, 4) is 0 Å². The number of hydrogen-bond donors (Lipinski definition) is 1. The molecule has 0 aliphatic carbocycles. The SMILES string of the molecule is O=C(O)[C@H]1CCN(Cc2ccsc2)C1. The van der Waals surface area contributed by atoms with Crippen LogP contribution >= 0.6 is 11.3 Å². The number of rotatable bonds is 3. The van der Waals surface area contributed by atoms with Crippen molar-refractivity contribution < 1.29 is 9.90 Å². The van der Waals surface area contributed by atoms with Crippen LogP contribution in [0.2, 0.25) is 0 Å². The normalized spacial score (nSPS) is 22.7. The molecule has 1 aromatic rings. The average molecular weight is 211 g/mol. The van der Waals surface area contributed by atoms with E-state index in [0.29, 0.717) is 6.54 Å². The minimum absolute atomic E-state index is 0.159. The number of carbonyl (C=O) groups is 1. The van der Waals surface area contributed by atoms with Gasteiger partial charge in [0, 0.05) is 13.1 Å². The van der Waals surface area contributed by atoms with Crippen molar-refractivity contribution in [1.29, 1.82) is 0 Å². The third kappa shape index (κ3) is 2.13. The molecule has 0 spiro atoms. The van der Waals surface area contributed by atoms with Gasteiger partial charge in [-0.3, -0.25) is 9.69 Å². The highest BCUT2D eigenvalue weighted by Crippen LogP contribution is 2.19. The lowest BCUT2D eigenvalue weighted by molar-refractivity contribution is -0.141. The molecule has 0 unspecified atom stereocenters. The van der Waals surface area contributed by atoms with Crippen LogP contribution in [-0.2, 0) is 11.3 Å². The summed E-state index contributed by atoms with van der Waals surface area (Å²) in [6.45, 7) is 2.51. The van der Waals surface area contributed by atoms with Crippen LogP contribution in [-0.4, -0.2) is 29.1 Å². The molecule has 2 rings (SSSR count). The second-order valence-electron chi connectivity index (χ2n) is 3.69. The molecule has 1 saturated heterocycles. The summed E-state index contributed by atoms with van der Waals surface area (Å²) in [5.74, 6) is -0.813. The summed E-state index contributed by atoms with van der Waals surface area (Å²) in [5.41, 5.74) is 1.29. The molecule has 2 heterocycles. The maximum absolute atomic E-state index is 10.7. The van der Waals surface area contributed by atoms with Gasteiger partial charge in [-0.2, -0.15) is 11.3 Å². The van der Waals surface area contributed by atoms with Crippen molar-refractivity contribution in [2.75, 3.05) is 13.1 Å². The van der Waals surface area contributed by atoms with Crippen molar-refractivity contribution in [2.24, 2.45) is 5.92 Å². The number of nitrogens with zero attached hydrogens (tertiary/aromatic N) is 1. The molecule has 0 aromatic carbocycles. The second kappa shape index (κ2) is 4.11. The highest BCUT2D eigenvalue weighted by Gasteiger charge is 2.27. The third-order valence-corrected chi connectivity index (χ3v) is 3.34. The van der Waals surface area contributed by atoms with E-state index in [1.165, 1.54) is 5.56 Å². The van der Waals surface area contributed by atoms with E-state index in [4.69, 9.17) is 5.11 Å². The molecule has 1 atom stereocenters. The summed E-state index contributed by atoms with van der Waals surface area (Å²) in [6, 6.07) is 2.10. The molecule has 0 bridgehead atoms. The van der Waals surface area contributed by atoms with E-state index in [1.807, 2.05) is 0 Å². The molecule has 1 N–H and O–H groups in total. The Hall–Kier alpha value is -0.870. The largest absolute Gasteiger partial charge is 0.481 e. The fourth-order valence-electron chi connectivity index (χ4n) is 1.82. The Labute approximate surface area is 87.0 Å². The predicted molar refractivity (Wildman–Crippen MR) is 55.3 cm³/mol. The Morgan fingerprint density at radius 2 is 2.57 bits per heavy atom. The van der Waals surface area contributed by atoms with Crippen molar-refractivity contribution in [3.05, 3.63) is 22.4 Å². The van der Waals surface area contributed by atoms with E-state index >= 15 is 0 Å². The van der Waals surface area contributed by atoms with Crippen LogP contribution in [0, 0.1) is 5.92 Å². The number of hydrogen-bond acceptors (Lipinski definition) is 3. The van der Waals surface area contributed by atoms with Gasteiger partial charge in [-0.1, -0.05) is 0 Å². The predicted octanol–water partition coefficient (Wildman–Crippen LogP) is 1.65. The Balaban J connectivity index is 1.87. The fraction of sp³-hybridized carbons (Fsp3) is 0.500. The third-order valence-electron chi connectivity index (χ3n) is 2.61. The average Bonchev–Trinajstić information content (AvgIpc) is 2.75. The van der Waals surface area contributed by atoms with E-state index in [-0.39, 0.29) is 5.92 Å². The van der Waals surface area contributed by atoms with Crippen LogP contribution in [0.15, 0.2) is 16.8 Å². The molecule has 0 radical (unpaired) electrons. The van der Waals surface area contributed by atoms with Gasteiger partial charge in [-0.25, -0.2) is 0 Å². The molecule has 76 valence electrons. The summed E-state index contributed by atoms with van der Waals surface area (Å²) in [5, 5.41) is 13.0. The van der Waals surface area contributed by atoms with E-state index in [9.17, 15) is 4.79 Å². The Kier molecular flexibility index (Phi) is 2.84. The lowest BCUT2D eigenvalue weighted by Gasteiger charge is -2.13. The molecular formula is C10H13NO2S. The Morgan fingerprint density at radius 1 is 1.71 bits per heavy atom. The second-order valence-corrected chi connectivity index (χ2v) is 4.47. The first-order chi connectivity index (χ1) is 6.75. The zero-order valence-electron chi connectivity index (χ0n) is 7.85. The topological polar surface area (TPSA) is 40.5 Å². The molecule has 1 fully saturated rings. The zero-order chi connectivity index (χ0) is 9.97. The highest BCUT2D eigenvalue weighted by molar-refractivity contribution is 7.07. The van der Waals surface area contributed by atoms with E-state index in [1.54, 1.807) is 11.3 Å². The lowest BCUT2D eigenvalue weighted by atomic mass is 10.1. The first-order valence-electron chi connectivity index (χ1n) is 4.72. The molecule has 4 heteroatoms. The van der Waals surface area contributed by atoms with Crippen LogP contribution in [0.4, 0.5) is 0 Å². The summed E-state index contributed by atoms with van der Waals surface area (Å²) < 4.78 is 0. The minimum Gasteiger partial charge on any atom is -0.481 e. The number of thiophene rings is 1. The summed E-state index contributed by atoms with van der Waals surface area (Å²) in [6.07, 6.45) is 0.791. The van der Waals surface area contributed by atoms with E-state index in [0.717, 1.165) is 19.5 Å². The monoisotopic (exact) mass is 211 g/mol. The van der Waals surface area contributed by atoms with Gasteiger partial charge in [-0.05, 0) is 35.4 Å². The molecule has 3 nitrogen and oxygen atoms in total. The summed E-state index contributed by atoms with van der Waals surface area (Å²) in [7, 11) is 0. The number of likely N-dealkylation sites (tertiary alicyclic amines) is 1. The van der Waals surface area contributed by atoms with Crippen LogP contribution in [0.1, 0.15) is 12.0 Å². The van der Waals surface area contributed by atoms with E-state index in [2.05, 4.69) is 21.7 Å².